The number of carbonyl (C=O) groups excluding carboxylic acids is 1. The number of hydrogen-bond donors (Lipinski definition) is 0. The summed E-state index contributed by atoms with van der Waals surface area (Å²) in [5.41, 5.74) is 2.79. The molecule has 0 atom stereocenters. The molecule has 2 aromatic carbocycles. The lowest BCUT2D eigenvalue weighted by molar-refractivity contribution is 0.0628. The summed E-state index contributed by atoms with van der Waals surface area (Å²) in [7, 11) is 3.16. The number of nitrogens with zero attached hydrogens (tertiary/aromatic N) is 3. The van der Waals surface area contributed by atoms with Crippen LogP contribution in [0.3, 0.4) is 0 Å². The number of amides is 1. The maximum atomic E-state index is 12.9. The third kappa shape index (κ3) is 4.47. The molecule has 1 aliphatic heterocycles. The fourth-order valence-electron chi connectivity index (χ4n) is 3.58. The number of carbonyl (C=O) groups is 1. The van der Waals surface area contributed by atoms with Crippen molar-refractivity contribution in [3.63, 3.8) is 0 Å². The van der Waals surface area contributed by atoms with Crippen molar-refractivity contribution in [3.8, 4) is 22.8 Å². The van der Waals surface area contributed by atoms with E-state index in [9.17, 15) is 4.79 Å². The summed E-state index contributed by atoms with van der Waals surface area (Å²) in [5, 5.41) is 3.22. The molecular weight excluding hydrogens is 398 g/mol. The van der Waals surface area contributed by atoms with Gasteiger partial charge in [0.05, 0.1) is 26.5 Å². The average Bonchev–Trinajstić information content (AvgIpc) is 3.27. The normalized spacial score (nSPS) is 14.5. The van der Waals surface area contributed by atoms with E-state index < -0.39 is 0 Å². The Morgan fingerprint density at radius 3 is 2.43 bits per heavy atom. The van der Waals surface area contributed by atoms with Gasteiger partial charge in [-0.2, -0.15) is 0 Å². The van der Waals surface area contributed by atoms with Crippen LogP contribution in [-0.4, -0.2) is 61.1 Å². The first-order valence-electron chi connectivity index (χ1n) is 9.91. The predicted octanol–water partition coefficient (Wildman–Crippen LogP) is 3.79. The highest BCUT2D eigenvalue weighted by Gasteiger charge is 2.23. The second kappa shape index (κ2) is 9.28. The van der Waals surface area contributed by atoms with Crippen molar-refractivity contribution in [3.05, 3.63) is 64.5 Å². The molecule has 0 spiro atoms. The van der Waals surface area contributed by atoms with E-state index in [0.717, 1.165) is 35.9 Å². The van der Waals surface area contributed by atoms with Gasteiger partial charge in [-0.1, -0.05) is 30.3 Å². The van der Waals surface area contributed by atoms with E-state index in [1.54, 1.807) is 43.8 Å². The third-order valence-corrected chi connectivity index (χ3v) is 6.10. The Morgan fingerprint density at radius 2 is 1.73 bits per heavy atom. The highest BCUT2D eigenvalue weighted by Crippen LogP contribution is 2.28. The molecule has 0 N–H and O–H groups in total. The van der Waals surface area contributed by atoms with Crippen LogP contribution in [0.5, 0.6) is 11.5 Å². The zero-order valence-corrected chi connectivity index (χ0v) is 18.0. The molecule has 0 bridgehead atoms. The summed E-state index contributed by atoms with van der Waals surface area (Å²) < 4.78 is 10.6. The Labute approximate surface area is 180 Å². The number of thiazole rings is 1. The molecule has 1 saturated heterocycles. The van der Waals surface area contributed by atoms with Crippen LogP contribution in [0.4, 0.5) is 0 Å². The van der Waals surface area contributed by atoms with Crippen LogP contribution in [-0.2, 0) is 6.54 Å². The predicted molar refractivity (Wildman–Crippen MR) is 118 cm³/mol. The summed E-state index contributed by atoms with van der Waals surface area (Å²) >= 11 is 1.69. The molecule has 0 aliphatic carbocycles. The molecule has 1 aliphatic rings. The maximum Gasteiger partial charge on any atom is 0.254 e. The van der Waals surface area contributed by atoms with Crippen LogP contribution in [0.15, 0.2) is 53.9 Å². The van der Waals surface area contributed by atoms with Crippen LogP contribution in [0, 0.1) is 0 Å². The van der Waals surface area contributed by atoms with Crippen LogP contribution >= 0.6 is 11.3 Å². The van der Waals surface area contributed by atoms with Crippen molar-refractivity contribution < 1.29 is 14.3 Å². The van der Waals surface area contributed by atoms with E-state index in [4.69, 9.17) is 14.5 Å². The molecule has 4 rings (SSSR count). The summed E-state index contributed by atoms with van der Waals surface area (Å²) in [6.45, 7) is 3.88. The average molecular weight is 424 g/mol. The van der Waals surface area contributed by atoms with Gasteiger partial charge in [0, 0.05) is 42.7 Å². The molecule has 1 amide bonds. The highest BCUT2D eigenvalue weighted by atomic mass is 32.1. The number of ether oxygens (including phenoxy) is 2. The van der Waals surface area contributed by atoms with E-state index in [1.165, 1.54) is 0 Å². The Balaban J connectivity index is 1.34. The largest absolute Gasteiger partial charge is 0.493 e. The molecule has 30 heavy (non-hydrogen) atoms. The van der Waals surface area contributed by atoms with Crippen molar-refractivity contribution in [1.82, 2.24) is 14.8 Å². The van der Waals surface area contributed by atoms with Crippen LogP contribution < -0.4 is 9.47 Å². The lowest BCUT2D eigenvalue weighted by Crippen LogP contribution is -2.48. The first kappa shape index (κ1) is 20.4. The molecule has 1 fully saturated rings. The Kier molecular flexibility index (Phi) is 6.30. The zero-order valence-electron chi connectivity index (χ0n) is 17.2. The van der Waals surface area contributed by atoms with Gasteiger partial charge in [-0.15, -0.1) is 11.3 Å². The number of aromatic nitrogens is 1. The summed E-state index contributed by atoms with van der Waals surface area (Å²) in [4.78, 5) is 21.9. The highest BCUT2D eigenvalue weighted by molar-refractivity contribution is 7.09. The van der Waals surface area contributed by atoms with Crippen LogP contribution in [0.1, 0.15) is 15.4 Å². The minimum absolute atomic E-state index is 0.0243. The molecule has 1 aromatic heterocycles. The van der Waals surface area contributed by atoms with Gasteiger partial charge in [-0.05, 0) is 18.2 Å². The second-order valence-corrected chi connectivity index (χ2v) is 8.07. The number of methoxy groups -OCH3 is 2. The monoisotopic (exact) mass is 423 g/mol. The van der Waals surface area contributed by atoms with E-state index >= 15 is 0 Å². The molecule has 6 nitrogen and oxygen atoms in total. The number of hydrogen-bond acceptors (Lipinski definition) is 6. The van der Waals surface area contributed by atoms with Gasteiger partial charge in [0.1, 0.15) is 5.01 Å². The van der Waals surface area contributed by atoms with Gasteiger partial charge in [-0.3, -0.25) is 9.69 Å². The maximum absolute atomic E-state index is 12.9. The first-order valence-corrected chi connectivity index (χ1v) is 10.8. The van der Waals surface area contributed by atoms with Gasteiger partial charge in [0.25, 0.3) is 5.91 Å². The van der Waals surface area contributed by atoms with Crippen LogP contribution in [0.25, 0.3) is 11.3 Å². The van der Waals surface area contributed by atoms with Crippen molar-refractivity contribution in [1.29, 1.82) is 0 Å². The minimum atomic E-state index is 0.0243. The van der Waals surface area contributed by atoms with Crippen molar-refractivity contribution >= 4 is 17.2 Å². The number of rotatable bonds is 6. The summed E-state index contributed by atoms with van der Waals surface area (Å²) in [5.74, 6) is 1.22. The Bertz CT molecular complexity index is 998. The quantitative estimate of drug-likeness (QED) is 0.604. The first-order chi connectivity index (χ1) is 14.7. The van der Waals surface area contributed by atoms with Crippen LogP contribution in [0.2, 0.25) is 0 Å². The van der Waals surface area contributed by atoms with Gasteiger partial charge >= 0.3 is 0 Å². The second-order valence-electron chi connectivity index (χ2n) is 7.13. The molecule has 2 heterocycles. The lowest BCUT2D eigenvalue weighted by atomic mass is 10.1. The molecule has 0 saturated carbocycles. The molecule has 156 valence electrons. The number of piperazine rings is 1. The van der Waals surface area contributed by atoms with E-state index in [2.05, 4.69) is 22.4 Å². The van der Waals surface area contributed by atoms with Crippen molar-refractivity contribution in [2.24, 2.45) is 0 Å². The smallest absolute Gasteiger partial charge is 0.254 e. The van der Waals surface area contributed by atoms with Gasteiger partial charge < -0.3 is 14.4 Å². The standard InChI is InChI=1S/C23H25N3O3S/c1-28-20-9-8-18(14-21(20)29-2)23(27)26-12-10-25(11-13-26)15-22-24-19(16-30-22)17-6-4-3-5-7-17/h3-9,14,16H,10-13,15H2,1-2H3. The molecule has 3 aromatic rings. The van der Waals surface area contributed by atoms with Crippen molar-refractivity contribution in [2.75, 3.05) is 40.4 Å². The zero-order chi connectivity index (χ0) is 20.9. The SMILES string of the molecule is COc1ccc(C(=O)N2CCN(Cc3nc(-c4ccccc4)cs3)CC2)cc1OC. The number of benzene rings is 2. The minimum Gasteiger partial charge on any atom is -0.493 e. The molecule has 0 radical (unpaired) electrons. The summed E-state index contributed by atoms with van der Waals surface area (Å²) in [6, 6.07) is 15.5. The van der Waals surface area contributed by atoms with Crippen molar-refractivity contribution in [2.45, 2.75) is 6.54 Å². The Hall–Kier alpha value is -2.90. The summed E-state index contributed by atoms with van der Waals surface area (Å²) in [6.07, 6.45) is 0. The van der Waals surface area contributed by atoms with Gasteiger partial charge in [-0.25, -0.2) is 4.98 Å². The fourth-order valence-corrected chi connectivity index (χ4v) is 4.42. The Morgan fingerprint density at radius 1 is 1.00 bits per heavy atom. The van der Waals surface area contributed by atoms with E-state index in [1.807, 2.05) is 23.1 Å². The topological polar surface area (TPSA) is 54.9 Å². The fraction of sp³-hybridized carbons (Fsp3) is 0.304. The third-order valence-electron chi connectivity index (χ3n) is 5.27. The van der Waals surface area contributed by atoms with E-state index in [0.29, 0.717) is 30.2 Å². The molecular formula is C23H25N3O3S. The molecule has 7 heteroatoms. The lowest BCUT2D eigenvalue weighted by Gasteiger charge is -2.34. The van der Waals surface area contributed by atoms with Gasteiger partial charge in [0.2, 0.25) is 0 Å². The molecule has 0 unspecified atom stereocenters. The van der Waals surface area contributed by atoms with Gasteiger partial charge in [0.15, 0.2) is 11.5 Å². The van der Waals surface area contributed by atoms with E-state index in [-0.39, 0.29) is 5.91 Å².